The Bertz CT molecular complexity index is 1040. The normalized spacial score (nSPS) is 15.1. The lowest BCUT2D eigenvalue weighted by atomic mass is 10.2. The molecule has 1 aliphatic rings. The van der Waals surface area contributed by atoms with Gasteiger partial charge in [-0.15, -0.1) is 0 Å². The Kier molecular flexibility index (Phi) is 7.06. The lowest BCUT2D eigenvalue weighted by molar-refractivity contribution is -0.111. The number of halogens is 3. The van der Waals surface area contributed by atoms with E-state index in [2.05, 4.69) is 10.1 Å². The fourth-order valence-corrected chi connectivity index (χ4v) is 4.65. The van der Waals surface area contributed by atoms with Crippen molar-refractivity contribution in [1.82, 2.24) is 4.31 Å². The number of benzene rings is 2. The third-order valence-corrected chi connectivity index (χ3v) is 6.66. The van der Waals surface area contributed by atoms with Gasteiger partial charge in [-0.25, -0.2) is 8.42 Å². The summed E-state index contributed by atoms with van der Waals surface area (Å²) < 4.78 is 55.4. The lowest BCUT2D eigenvalue weighted by Crippen LogP contribution is -2.27. The molecule has 160 valence electrons. The first-order valence-electron chi connectivity index (χ1n) is 9.09. The highest BCUT2D eigenvalue weighted by molar-refractivity contribution is 7.89. The van der Waals surface area contributed by atoms with Gasteiger partial charge in [0.05, 0.1) is 15.6 Å². The third-order valence-electron chi connectivity index (χ3n) is 4.43. The predicted molar refractivity (Wildman–Crippen MR) is 110 cm³/mol. The highest BCUT2D eigenvalue weighted by Gasteiger charge is 2.27. The van der Waals surface area contributed by atoms with Gasteiger partial charge in [0, 0.05) is 19.2 Å². The number of hydrogen-bond acceptors (Lipinski definition) is 4. The summed E-state index contributed by atoms with van der Waals surface area (Å²) >= 11 is 6.10. The maximum atomic E-state index is 12.7. The SMILES string of the molecule is O=C(/C=C/c1ccc(OC(F)F)cc1)Nc1cc(S(=O)(=O)N2CCCC2)ccc1Cl. The average Bonchev–Trinajstić information content (AvgIpc) is 3.24. The summed E-state index contributed by atoms with van der Waals surface area (Å²) in [7, 11) is -3.64. The molecule has 1 heterocycles. The van der Waals surface area contributed by atoms with Gasteiger partial charge in [-0.2, -0.15) is 13.1 Å². The van der Waals surface area contributed by atoms with Crippen LogP contribution < -0.4 is 10.1 Å². The van der Waals surface area contributed by atoms with Crippen molar-refractivity contribution in [2.75, 3.05) is 18.4 Å². The molecule has 0 spiro atoms. The van der Waals surface area contributed by atoms with Crippen molar-refractivity contribution in [3.8, 4) is 5.75 Å². The molecule has 1 amide bonds. The number of carbonyl (C=O) groups excluding carboxylic acids is 1. The van der Waals surface area contributed by atoms with Crippen LogP contribution in [0.3, 0.4) is 0 Å². The molecule has 0 saturated carbocycles. The van der Waals surface area contributed by atoms with Gasteiger partial charge in [-0.1, -0.05) is 23.7 Å². The Balaban J connectivity index is 1.69. The van der Waals surface area contributed by atoms with E-state index in [0.717, 1.165) is 12.8 Å². The van der Waals surface area contributed by atoms with Gasteiger partial charge >= 0.3 is 6.61 Å². The first kappa shape index (κ1) is 22.2. The van der Waals surface area contributed by atoms with Crippen LogP contribution in [0.15, 0.2) is 53.4 Å². The van der Waals surface area contributed by atoms with Crippen molar-refractivity contribution in [3.05, 3.63) is 59.1 Å². The van der Waals surface area contributed by atoms with Crippen LogP contribution in [0, 0.1) is 0 Å². The number of rotatable bonds is 7. The zero-order valence-electron chi connectivity index (χ0n) is 15.7. The van der Waals surface area contributed by atoms with E-state index >= 15 is 0 Å². The topological polar surface area (TPSA) is 75.7 Å². The van der Waals surface area contributed by atoms with E-state index in [-0.39, 0.29) is 21.4 Å². The average molecular weight is 457 g/mol. The molecule has 0 radical (unpaired) electrons. The summed E-state index contributed by atoms with van der Waals surface area (Å²) in [6.07, 6.45) is 4.33. The van der Waals surface area contributed by atoms with E-state index in [1.165, 1.54) is 58.9 Å². The molecule has 0 aromatic heterocycles. The molecule has 10 heteroatoms. The Morgan fingerprint density at radius 1 is 1.13 bits per heavy atom. The molecule has 0 unspecified atom stereocenters. The van der Waals surface area contributed by atoms with Crippen LogP contribution >= 0.6 is 11.6 Å². The Hall–Kier alpha value is -2.49. The quantitative estimate of drug-likeness (QED) is 0.627. The smallest absolute Gasteiger partial charge is 0.387 e. The number of nitrogens with zero attached hydrogens (tertiary/aromatic N) is 1. The van der Waals surface area contributed by atoms with Gasteiger partial charge in [-0.3, -0.25) is 4.79 Å². The molecule has 0 atom stereocenters. The third kappa shape index (κ3) is 5.56. The number of anilines is 1. The van der Waals surface area contributed by atoms with E-state index < -0.39 is 22.5 Å². The first-order chi connectivity index (χ1) is 14.3. The number of nitrogens with one attached hydrogen (secondary N) is 1. The molecule has 1 aliphatic heterocycles. The highest BCUT2D eigenvalue weighted by Crippen LogP contribution is 2.28. The second kappa shape index (κ2) is 9.55. The van der Waals surface area contributed by atoms with Crippen molar-refractivity contribution >= 4 is 39.3 Å². The van der Waals surface area contributed by atoms with E-state index in [1.54, 1.807) is 0 Å². The number of sulfonamides is 1. The number of hydrogen-bond donors (Lipinski definition) is 1. The van der Waals surface area contributed by atoms with E-state index in [0.29, 0.717) is 18.7 Å². The molecule has 6 nitrogen and oxygen atoms in total. The van der Waals surface area contributed by atoms with Gasteiger partial charge < -0.3 is 10.1 Å². The predicted octanol–water partition coefficient (Wildman–Crippen LogP) is 4.38. The van der Waals surface area contributed by atoms with Gasteiger partial charge in [0.2, 0.25) is 15.9 Å². The molecule has 30 heavy (non-hydrogen) atoms. The van der Waals surface area contributed by atoms with Crippen LogP contribution in [0.4, 0.5) is 14.5 Å². The minimum atomic E-state index is -3.64. The van der Waals surface area contributed by atoms with Crippen molar-refractivity contribution in [2.24, 2.45) is 0 Å². The van der Waals surface area contributed by atoms with Gasteiger partial charge in [0.15, 0.2) is 0 Å². The van der Waals surface area contributed by atoms with Crippen molar-refractivity contribution < 1.29 is 26.7 Å². The molecule has 0 bridgehead atoms. The molecular formula is C20H19ClF2N2O4S. The van der Waals surface area contributed by atoms with Gasteiger partial charge in [0.1, 0.15) is 5.75 Å². The van der Waals surface area contributed by atoms with Crippen LogP contribution in [-0.2, 0) is 14.8 Å². The van der Waals surface area contributed by atoms with Crippen molar-refractivity contribution in [1.29, 1.82) is 0 Å². The van der Waals surface area contributed by atoms with Gasteiger partial charge in [0.25, 0.3) is 0 Å². The molecule has 3 rings (SSSR count). The van der Waals surface area contributed by atoms with Crippen LogP contribution in [0.2, 0.25) is 5.02 Å². The first-order valence-corrected chi connectivity index (χ1v) is 10.9. The van der Waals surface area contributed by atoms with Crippen LogP contribution in [-0.4, -0.2) is 38.3 Å². The summed E-state index contributed by atoms with van der Waals surface area (Å²) in [4.78, 5) is 12.3. The molecule has 2 aromatic rings. The van der Waals surface area contributed by atoms with Crippen molar-refractivity contribution in [2.45, 2.75) is 24.3 Å². The van der Waals surface area contributed by atoms with Crippen LogP contribution in [0.25, 0.3) is 6.08 Å². The number of ether oxygens (including phenoxy) is 1. The summed E-state index contributed by atoms with van der Waals surface area (Å²) in [5.74, 6) is -0.519. The summed E-state index contributed by atoms with van der Waals surface area (Å²) in [6, 6.07) is 9.89. The molecule has 2 aromatic carbocycles. The molecule has 1 fully saturated rings. The van der Waals surface area contributed by atoms with E-state index in [4.69, 9.17) is 11.6 Å². The zero-order chi connectivity index (χ0) is 21.7. The maximum absolute atomic E-state index is 12.7. The monoisotopic (exact) mass is 456 g/mol. The second-order valence-corrected chi connectivity index (χ2v) is 8.87. The zero-order valence-corrected chi connectivity index (χ0v) is 17.3. The minimum Gasteiger partial charge on any atom is -0.435 e. The maximum Gasteiger partial charge on any atom is 0.387 e. The fraction of sp³-hybridized carbons (Fsp3) is 0.250. The summed E-state index contributed by atoms with van der Waals surface area (Å²) in [5, 5.41) is 2.76. The Labute approximate surface area is 178 Å². The number of alkyl halides is 2. The Morgan fingerprint density at radius 3 is 2.43 bits per heavy atom. The molecular weight excluding hydrogens is 438 g/mol. The minimum absolute atomic E-state index is 0.00871. The van der Waals surface area contributed by atoms with Crippen LogP contribution in [0.5, 0.6) is 5.75 Å². The van der Waals surface area contributed by atoms with Gasteiger partial charge in [-0.05, 0) is 54.8 Å². The van der Waals surface area contributed by atoms with Crippen molar-refractivity contribution in [3.63, 3.8) is 0 Å². The summed E-state index contributed by atoms with van der Waals surface area (Å²) in [6.45, 7) is -1.97. The molecule has 1 saturated heterocycles. The fourth-order valence-electron chi connectivity index (χ4n) is 2.94. The number of amides is 1. The van der Waals surface area contributed by atoms with E-state index in [9.17, 15) is 22.0 Å². The summed E-state index contributed by atoms with van der Waals surface area (Å²) in [5.41, 5.74) is 0.760. The van der Waals surface area contributed by atoms with Crippen LogP contribution in [0.1, 0.15) is 18.4 Å². The highest BCUT2D eigenvalue weighted by atomic mass is 35.5. The lowest BCUT2D eigenvalue weighted by Gasteiger charge is -2.16. The molecule has 1 N–H and O–H groups in total. The largest absolute Gasteiger partial charge is 0.435 e. The van der Waals surface area contributed by atoms with E-state index in [1.807, 2.05) is 0 Å². The molecule has 0 aliphatic carbocycles. The second-order valence-electron chi connectivity index (χ2n) is 6.52. The Morgan fingerprint density at radius 2 is 1.80 bits per heavy atom. The number of carbonyl (C=O) groups is 1. The standard InChI is InChI=1S/C20H19ClF2N2O4S/c21-17-9-8-16(30(27,28)25-11-1-2-12-25)13-18(17)24-19(26)10-5-14-3-6-15(7-4-14)29-20(22)23/h3-10,13,20H,1-2,11-12H2,(H,24,26)/b10-5+.